The summed E-state index contributed by atoms with van der Waals surface area (Å²) in [6.07, 6.45) is 4.50. The Labute approximate surface area is 88.2 Å². The number of rotatable bonds is 0. The maximum atomic E-state index is 12.3. The van der Waals surface area contributed by atoms with Crippen LogP contribution < -0.4 is 0 Å². The summed E-state index contributed by atoms with van der Waals surface area (Å²) < 4.78 is 5.40. The molecular weight excluding hydrogens is 192 g/mol. The van der Waals surface area contributed by atoms with E-state index in [-0.39, 0.29) is 23.4 Å². The van der Waals surface area contributed by atoms with E-state index in [1.54, 1.807) is 0 Å². The van der Waals surface area contributed by atoms with Gasteiger partial charge in [-0.15, -0.1) is 0 Å². The third kappa shape index (κ3) is 0.800. The Kier molecular flexibility index (Phi) is 1.26. The molecule has 5 atom stereocenters. The first kappa shape index (κ1) is 8.31. The smallest absolute Gasteiger partial charge is 0.307 e. The zero-order chi connectivity index (χ0) is 10.2. The molecule has 0 N–H and O–H groups in total. The van der Waals surface area contributed by atoms with Crippen molar-refractivity contribution in [2.45, 2.75) is 38.2 Å². The van der Waals surface area contributed by atoms with E-state index < -0.39 is 0 Å². The summed E-state index contributed by atoms with van der Waals surface area (Å²) in [5, 5.41) is 0. The number of Topliss-reactive ketones (excluding diaryl/α,β-unsaturated/α-hetero) is 1. The van der Waals surface area contributed by atoms with E-state index in [4.69, 9.17) is 4.74 Å². The molecule has 0 aromatic carbocycles. The van der Waals surface area contributed by atoms with Crippen LogP contribution in [0.4, 0.5) is 0 Å². The lowest BCUT2D eigenvalue weighted by Crippen LogP contribution is -2.59. The summed E-state index contributed by atoms with van der Waals surface area (Å²) in [4.78, 5) is 23.7. The van der Waals surface area contributed by atoms with Crippen LogP contribution in [0.2, 0.25) is 0 Å². The van der Waals surface area contributed by atoms with Gasteiger partial charge in [0.2, 0.25) is 0 Å². The standard InChI is InChI=1S/C12H14O3/c13-9-5-12-4-6-1-7(10(12)14)3-8(2-6)11(12)15-9/h6-8,11H,1-5H2. The van der Waals surface area contributed by atoms with Crippen molar-refractivity contribution < 1.29 is 14.3 Å². The molecule has 3 nitrogen and oxygen atoms in total. The summed E-state index contributed by atoms with van der Waals surface area (Å²) in [5.74, 6) is 1.66. The predicted octanol–water partition coefficient (Wildman–Crippen LogP) is 1.31. The van der Waals surface area contributed by atoms with Crippen LogP contribution in [-0.2, 0) is 14.3 Å². The van der Waals surface area contributed by atoms with Crippen LogP contribution in [0.3, 0.4) is 0 Å². The second-order valence-electron chi connectivity index (χ2n) is 5.84. The van der Waals surface area contributed by atoms with E-state index >= 15 is 0 Å². The van der Waals surface area contributed by atoms with Gasteiger partial charge < -0.3 is 4.74 Å². The highest BCUT2D eigenvalue weighted by Gasteiger charge is 2.67. The van der Waals surface area contributed by atoms with Crippen LogP contribution in [0.25, 0.3) is 0 Å². The molecule has 0 radical (unpaired) electrons. The maximum Gasteiger partial charge on any atom is 0.307 e. The molecule has 1 aliphatic heterocycles. The molecule has 5 rings (SSSR count). The average molecular weight is 206 g/mol. The highest BCUT2D eigenvalue weighted by molar-refractivity contribution is 5.95. The van der Waals surface area contributed by atoms with E-state index in [1.165, 1.54) is 6.42 Å². The summed E-state index contributed by atoms with van der Waals surface area (Å²) in [6.45, 7) is 0. The van der Waals surface area contributed by atoms with Crippen LogP contribution in [0.15, 0.2) is 0 Å². The minimum Gasteiger partial charge on any atom is -0.461 e. The first-order valence-corrected chi connectivity index (χ1v) is 5.93. The van der Waals surface area contributed by atoms with E-state index in [0.717, 1.165) is 19.3 Å². The molecule has 80 valence electrons. The Morgan fingerprint density at radius 1 is 1.20 bits per heavy atom. The van der Waals surface area contributed by atoms with Crippen molar-refractivity contribution in [1.29, 1.82) is 0 Å². The number of hydrogen-bond acceptors (Lipinski definition) is 3. The van der Waals surface area contributed by atoms with Gasteiger partial charge in [0.15, 0.2) is 0 Å². The van der Waals surface area contributed by atoms with Crippen molar-refractivity contribution in [3.8, 4) is 0 Å². The molecule has 1 heterocycles. The number of esters is 1. The van der Waals surface area contributed by atoms with Crippen molar-refractivity contribution in [2.24, 2.45) is 23.2 Å². The van der Waals surface area contributed by atoms with Gasteiger partial charge in [0.25, 0.3) is 0 Å². The normalized spacial score (nSPS) is 55.7. The first-order valence-electron chi connectivity index (χ1n) is 5.93. The third-order valence-electron chi connectivity index (χ3n) is 5.05. The van der Waals surface area contributed by atoms with Crippen molar-refractivity contribution in [3.63, 3.8) is 0 Å². The molecule has 3 heteroatoms. The number of ketones is 1. The molecule has 4 bridgehead atoms. The highest BCUT2D eigenvalue weighted by Crippen LogP contribution is 2.62. The number of hydrogen-bond donors (Lipinski definition) is 0. The van der Waals surface area contributed by atoms with E-state index in [2.05, 4.69) is 0 Å². The topological polar surface area (TPSA) is 43.4 Å². The number of ether oxygens (including phenoxy) is 1. The molecule has 1 spiro atoms. The van der Waals surface area contributed by atoms with E-state index in [0.29, 0.717) is 24.0 Å². The van der Waals surface area contributed by atoms with Crippen LogP contribution >= 0.6 is 0 Å². The molecule has 1 saturated heterocycles. The largest absolute Gasteiger partial charge is 0.461 e. The Bertz CT molecular complexity index is 375. The molecule has 0 amide bonds. The van der Waals surface area contributed by atoms with Crippen LogP contribution in [0, 0.1) is 23.2 Å². The van der Waals surface area contributed by atoms with E-state index in [1.807, 2.05) is 0 Å². The Morgan fingerprint density at radius 3 is 2.93 bits per heavy atom. The van der Waals surface area contributed by atoms with Gasteiger partial charge in [0.05, 0.1) is 11.8 Å². The number of carbonyl (C=O) groups is 2. The van der Waals surface area contributed by atoms with Gasteiger partial charge in [0, 0.05) is 5.92 Å². The SMILES string of the molecule is O=C1CC23CC4CC(CC(C4)C2O1)C3=O. The van der Waals surface area contributed by atoms with Gasteiger partial charge >= 0.3 is 5.97 Å². The molecule has 4 aliphatic carbocycles. The fourth-order valence-corrected chi connectivity index (χ4v) is 4.75. The van der Waals surface area contributed by atoms with Crippen LogP contribution in [0.1, 0.15) is 32.1 Å². The fourth-order valence-electron chi connectivity index (χ4n) is 4.75. The van der Waals surface area contributed by atoms with Crippen molar-refractivity contribution in [3.05, 3.63) is 0 Å². The summed E-state index contributed by atoms with van der Waals surface area (Å²) in [7, 11) is 0. The quantitative estimate of drug-likeness (QED) is 0.561. The minimum atomic E-state index is -0.369. The zero-order valence-electron chi connectivity index (χ0n) is 8.57. The lowest BCUT2D eigenvalue weighted by Gasteiger charge is -2.55. The fraction of sp³-hybridized carbons (Fsp3) is 0.833. The van der Waals surface area contributed by atoms with Gasteiger partial charge in [-0.25, -0.2) is 0 Å². The highest BCUT2D eigenvalue weighted by atomic mass is 16.6. The second kappa shape index (κ2) is 2.28. The molecule has 5 aliphatic rings. The van der Waals surface area contributed by atoms with Gasteiger partial charge in [-0.1, -0.05) is 0 Å². The molecule has 0 aromatic rings. The van der Waals surface area contributed by atoms with E-state index in [9.17, 15) is 9.59 Å². The summed E-state index contributed by atoms with van der Waals surface area (Å²) in [6, 6.07) is 0. The van der Waals surface area contributed by atoms with Gasteiger partial charge in [-0.05, 0) is 37.5 Å². The lowest BCUT2D eigenvalue weighted by atomic mass is 9.47. The van der Waals surface area contributed by atoms with Crippen LogP contribution in [0.5, 0.6) is 0 Å². The molecule has 5 fully saturated rings. The van der Waals surface area contributed by atoms with Crippen LogP contribution in [-0.4, -0.2) is 17.9 Å². The van der Waals surface area contributed by atoms with Gasteiger partial charge in [-0.2, -0.15) is 0 Å². The molecule has 0 aromatic heterocycles. The summed E-state index contributed by atoms with van der Waals surface area (Å²) in [5.41, 5.74) is -0.369. The lowest BCUT2D eigenvalue weighted by molar-refractivity contribution is -0.170. The Hall–Kier alpha value is -0.860. The molecule has 15 heavy (non-hydrogen) atoms. The molecule has 4 saturated carbocycles. The van der Waals surface area contributed by atoms with Gasteiger partial charge in [-0.3, -0.25) is 9.59 Å². The Morgan fingerprint density at radius 2 is 2.07 bits per heavy atom. The van der Waals surface area contributed by atoms with Crippen molar-refractivity contribution >= 4 is 11.8 Å². The maximum absolute atomic E-state index is 12.3. The molecular formula is C12H14O3. The monoisotopic (exact) mass is 206 g/mol. The average Bonchev–Trinajstić information content (AvgIpc) is 2.53. The summed E-state index contributed by atoms with van der Waals surface area (Å²) >= 11 is 0. The van der Waals surface area contributed by atoms with Crippen molar-refractivity contribution in [2.75, 3.05) is 0 Å². The zero-order valence-corrected chi connectivity index (χ0v) is 8.57. The van der Waals surface area contributed by atoms with Crippen molar-refractivity contribution in [1.82, 2.24) is 0 Å². The predicted molar refractivity (Wildman–Crippen MR) is 50.9 cm³/mol. The third-order valence-corrected chi connectivity index (χ3v) is 5.05. The molecule has 5 unspecified atom stereocenters. The Balaban J connectivity index is 1.87. The first-order chi connectivity index (χ1) is 7.19. The minimum absolute atomic E-state index is 0.0506. The second-order valence-corrected chi connectivity index (χ2v) is 5.84. The van der Waals surface area contributed by atoms with Gasteiger partial charge in [0.1, 0.15) is 11.9 Å². The number of carbonyl (C=O) groups excluding carboxylic acids is 2.